The number of rotatable bonds is 7. The summed E-state index contributed by atoms with van der Waals surface area (Å²) >= 11 is 0. The summed E-state index contributed by atoms with van der Waals surface area (Å²) in [5.74, 6) is -0.980. The quantitative estimate of drug-likeness (QED) is 0.603. The predicted octanol–water partition coefficient (Wildman–Crippen LogP) is 2.50. The molecule has 1 saturated heterocycles. The highest BCUT2D eigenvalue weighted by Crippen LogP contribution is 2.24. The molecule has 34 heavy (non-hydrogen) atoms. The van der Waals surface area contributed by atoms with Crippen LogP contribution in [-0.2, 0) is 19.6 Å². The van der Waals surface area contributed by atoms with Crippen LogP contribution in [0.5, 0.6) is 0 Å². The summed E-state index contributed by atoms with van der Waals surface area (Å²) in [7, 11) is -3.66. The van der Waals surface area contributed by atoms with Crippen molar-refractivity contribution < 1.29 is 27.5 Å². The Bertz CT molecular complexity index is 1170. The van der Waals surface area contributed by atoms with Crippen molar-refractivity contribution in [1.29, 1.82) is 0 Å². The van der Waals surface area contributed by atoms with Gasteiger partial charge in [0.1, 0.15) is 0 Å². The SMILES string of the molecule is C[C@@H]1CN(S(=O)(=O)c2ccc(NC(=O)CCCN3C(=O)c4ccccc4C3=O)cc2)C[C@H](C)O1. The standard InChI is InChI=1S/C24H27N3O6S/c1-16-14-26(15-17(2)33-16)34(31,32)19-11-9-18(10-12-19)25-22(28)8-5-13-27-23(29)20-6-3-4-7-21(20)24(27)30/h3-4,6-7,9-12,16-17H,5,8,13-15H2,1-2H3,(H,25,28)/t16-,17+. The molecular formula is C24H27N3O6S. The van der Waals surface area contributed by atoms with Crippen LogP contribution in [0.3, 0.4) is 0 Å². The van der Waals surface area contributed by atoms with Gasteiger partial charge in [-0.25, -0.2) is 8.42 Å². The molecule has 2 aliphatic heterocycles. The van der Waals surface area contributed by atoms with Crippen molar-refractivity contribution in [1.82, 2.24) is 9.21 Å². The van der Waals surface area contributed by atoms with E-state index in [1.165, 1.54) is 16.4 Å². The summed E-state index contributed by atoms with van der Waals surface area (Å²) in [5, 5.41) is 2.72. The van der Waals surface area contributed by atoms with Gasteiger partial charge in [-0.05, 0) is 56.7 Å². The topological polar surface area (TPSA) is 113 Å². The molecule has 0 radical (unpaired) electrons. The first kappa shape index (κ1) is 24.1. The third-order valence-electron chi connectivity index (χ3n) is 5.83. The Hall–Kier alpha value is -3.08. The number of carbonyl (C=O) groups is 3. The molecule has 0 bridgehead atoms. The Morgan fingerprint density at radius 2 is 1.53 bits per heavy atom. The van der Waals surface area contributed by atoms with Gasteiger partial charge in [-0.15, -0.1) is 0 Å². The van der Waals surface area contributed by atoms with Crippen LogP contribution in [0.2, 0.25) is 0 Å². The lowest BCUT2D eigenvalue weighted by atomic mass is 10.1. The van der Waals surface area contributed by atoms with Gasteiger partial charge in [-0.1, -0.05) is 12.1 Å². The summed E-state index contributed by atoms with van der Waals surface area (Å²) < 4.78 is 32.9. The molecule has 4 rings (SSSR count). The number of hydrogen-bond acceptors (Lipinski definition) is 6. The van der Waals surface area contributed by atoms with E-state index in [1.54, 1.807) is 36.4 Å². The minimum atomic E-state index is -3.66. The second kappa shape index (κ2) is 9.65. The number of hydrogen-bond donors (Lipinski definition) is 1. The lowest BCUT2D eigenvalue weighted by Crippen LogP contribution is -2.48. The molecule has 0 aromatic heterocycles. The normalized spacial score (nSPS) is 20.9. The van der Waals surface area contributed by atoms with Crippen LogP contribution in [0.4, 0.5) is 5.69 Å². The zero-order valence-electron chi connectivity index (χ0n) is 19.1. The highest BCUT2D eigenvalue weighted by molar-refractivity contribution is 7.89. The van der Waals surface area contributed by atoms with E-state index < -0.39 is 10.0 Å². The number of carbonyl (C=O) groups excluding carboxylic acids is 3. The van der Waals surface area contributed by atoms with Crippen LogP contribution >= 0.6 is 0 Å². The maximum absolute atomic E-state index is 12.9. The second-order valence-electron chi connectivity index (χ2n) is 8.56. The number of sulfonamides is 1. The minimum Gasteiger partial charge on any atom is -0.373 e. The number of fused-ring (bicyclic) bond motifs is 1. The van der Waals surface area contributed by atoms with Gasteiger partial charge in [0, 0.05) is 31.7 Å². The number of imide groups is 1. The number of nitrogens with one attached hydrogen (secondary N) is 1. The maximum atomic E-state index is 12.9. The molecule has 2 aromatic carbocycles. The van der Waals surface area contributed by atoms with Gasteiger partial charge in [0.05, 0.1) is 28.2 Å². The van der Waals surface area contributed by atoms with Crippen LogP contribution < -0.4 is 5.32 Å². The Kier molecular flexibility index (Phi) is 6.83. The van der Waals surface area contributed by atoms with Crippen molar-refractivity contribution in [3.05, 3.63) is 59.7 Å². The van der Waals surface area contributed by atoms with Crippen molar-refractivity contribution in [2.45, 2.75) is 43.8 Å². The third-order valence-corrected chi connectivity index (χ3v) is 7.67. The van der Waals surface area contributed by atoms with Crippen LogP contribution in [0.15, 0.2) is 53.4 Å². The number of anilines is 1. The van der Waals surface area contributed by atoms with Gasteiger partial charge in [0.2, 0.25) is 15.9 Å². The van der Waals surface area contributed by atoms with Crippen molar-refractivity contribution in [3.8, 4) is 0 Å². The van der Waals surface area contributed by atoms with Crippen molar-refractivity contribution in [2.24, 2.45) is 0 Å². The van der Waals surface area contributed by atoms with E-state index >= 15 is 0 Å². The molecular weight excluding hydrogens is 458 g/mol. The summed E-state index contributed by atoms with van der Waals surface area (Å²) in [6, 6.07) is 12.7. The molecule has 0 unspecified atom stereocenters. The largest absolute Gasteiger partial charge is 0.373 e. The van der Waals surface area contributed by atoms with Crippen LogP contribution in [0.1, 0.15) is 47.4 Å². The lowest BCUT2D eigenvalue weighted by Gasteiger charge is -2.34. The molecule has 2 aliphatic rings. The molecule has 9 nitrogen and oxygen atoms in total. The number of benzene rings is 2. The fourth-order valence-corrected chi connectivity index (χ4v) is 5.84. The second-order valence-corrected chi connectivity index (χ2v) is 10.5. The number of nitrogens with zero attached hydrogens (tertiary/aromatic N) is 2. The molecule has 0 saturated carbocycles. The van der Waals surface area contributed by atoms with Crippen LogP contribution in [0, 0.1) is 0 Å². The van der Waals surface area contributed by atoms with E-state index in [0.717, 1.165) is 4.90 Å². The molecule has 0 aliphatic carbocycles. The number of ether oxygens (including phenoxy) is 1. The Morgan fingerprint density at radius 1 is 0.971 bits per heavy atom. The monoisotopic (exact) mass is 485 g/mol. The smallest absolute Gasteiger partial charge is 0.261 e. The van der Waals surface area contributed by atoms with Crippen LogP contribution in [0.25, 0.3) is 0 Å². The summed E-state index contributed by atoms with van der Waals surface area (Å²) in [6.07, 6.45) is 0.0589. The molecule has 0 spiro atoms. The molecule has 180 valence electrons. The molecule has 1 N–H and O–H groups in total. The van der Waals surface area contributed by atoms with Crippen molar-refractivity contribution in [3.63, 3.8) is 0 Å². The molecule has 2 heterocycles. The first-order valence-corrected chi connectivity index (χ1v) is 12.6. The van der Waals surface area contributed by atoms with Gasteiger partial charge in [-0.3, -0.25) is 19.3 Å². The predicted molar refractivity (Wildman–Crippen MR) is 125 cm³/mol. The fourth-order valence-electron chi connectivity index (χ4n) is 4.25. The van der Waals surface area contributed by atoms with Gasteiger partial charge >= 0.3 is 0 Å². The summed E-state index contributed by atoms with van der Waals surface area (Å²) in [4.78, 5) is 38.4. The van der Waals surface area contributed by atoms with E-state index in [0.29, 0.717) is 23.2 Å². The average molecular weight is 486 g/mol. The Labute approximate surface area is 198 Å². The van der Waals surface area contributed by atoms with E-state index in [2.05, 4.69) is 5.32 Å². The van der Waals surface area contributed by atoms with Gasteiger partial charge in [0.25, 0.3) is 11.8 Å². The van der Waals surface area contributed by atoms with Gasteiger partial charge in [-0.2, -0.15) is 4.31 Å². The molecule has 2 atom stereocenters. The Morgan fingerprint density at radius 3 is 2.09 bits per heavy atom. The van der Waals surface area contributed by atoms with Crippen molar-refractivity contribution in [2.75, 3.05) is 25.0 Å². The van der Waals surface area contributed by atoms with Crippen LogP contribution in [-0.4, -0.2) is 67.2 Å². The first-order valence-electron chi connectivity index (χ1n) is 11.2. The van der Waals surface area contributed by atoms with E-state index in [9.17, 15) is 22.8 Å². The van der Waals surface area contributed by atoms with Gasteiger partial charge < -0.3 is 10.1 Å². The summed E-state index contributed by atoms with van der Waals surface area (Å²) in [6.45, 7) is 4.40. The van der Waals surface area contributed by atoms with Gasteiger partial charge in [0.15, 0.2) is 0 Å². The minimum absolute atomic E-state index is 0.108. The molecule has 2 aromatic rings. The highest BCUT2D eigenvalue weighted by atomic mass is 32.2. The molecule has 10 heteroatoms. The molecule has 3 amide bonds. The Balaban J connectivity index is 1.30. The fraction of sp³-hybridized carbons (Fsp3) is 0.375. The van der Waals surface area contributed by atoms with E-state index in [-0.39, 0.29) is 60.9 Å². The zero-order chi connectivity index (χ0) is 24.5. The number of morpholine rings is 1. The molecule has 1 fully saturated rings. The zero-order valence-corrected chi connectivity index (χ0v) is 19.9. The average Bonchev–Trinajstić information content (AvgIpc) is 3.04. The van der Waals surface area contributed by atoms with E-state index in [4.69, 9.17) is 4.74 Å². The third kappa shape index (κ3) is 4.89. The highest BCUT2D eigenvalue weighted by Gasteiger charge is 2.35. The number of amides is 3. The van der Waals surface area contributed by atoms with E-state index in [1.807, 2.05) is 13.8 Å². The summed E-state index contributed by atoms with van der Waals surface area (Å²) in [5.41, 5.74) is 1.23. The first-order chi connectivity index (χ1) is 16.2. The lowest BCUT2D eigenvalue weighted by molar-refractivity contribution is -0.116. The maximum Gasteiger partial charge on any atom is 0.261 e. The van der Waals surface area contributed by atoms with Crippen molar-refractivity contribution >= 4 is 33.4 Å².